The Morgan fingerprint density at radius 3 is 2.28 bits per heavy atom. The monoisotopic (exact) mass is 344 g/mol. The topological polar surface area (TPSA) is 84.9 Å². The van der Waals surface area contributed by atoms with Gasteiger partial charge < -0.3 is 19.7 Å². The molecular formula is C18H20N2O5. The minimum absolute atomic E-state index is 0.129. The number of piperidine rings is 1. The van der Waals surface area contributed by atoms with Gasteiger partial charge in [-0.15, -0.1) is 0 Å². The van der Waals surface area contributed by atoms with E-state index in [1.54, 1.807) is 17.0 Å². The molecule has 1 N–H and O–H groups in total. The van der Waals surface area contributed by atoms with E-state index in [2.05, 4.69) is 5.32 Å². The van der Waals surface area contributed by atoms with Crippen LogP contribution in [0.15, 0.2) is 36.0 Å². The zero-order valence-electron chi connectivity index (χ0n) is 14.2. The second kappa shape index (κ2) is 6.58. The molecule has 3 rings (SSSR count). The second-order valence-corrected chi connectivity index (χ2v) is 6.43. The molecule has 0 unspecified atom stereocenters. The third kappa shape index (κ3) is 3.81. The number of nitrogens with zero attached hydrogens (tertiary/aromatic N) is 1. The molecule has 2 aliphatic heterocycles. The maximum absolute atomic E-state index is 11.9. The van der Waals surface area contributed by atoms with E-state index in [1.165, 1.54) is 20.0 Å². The summed E-state index contributed by atoms with van der Waals surface area (Å²) in [4.78, 5) is 37.4. The van der Waals surface area contributed by atoms with Crippen molar-refractivity contribution in [3.63, 3.8) is 0 Å². The van der Waals surface area contributed by atoms with Gasteiger partial charge in [0.25, 0.3) is 5.79 Å². The van der Waals surface area contributed by atoms with Crippen molar-refractivity contribution in [1.29, 1.82) is 0 Å². The van der Waals surface area contributed by atoms with Gasteiger partial charge in [0.2, 0.25) is 5.91 Å². The third-order valence-electron chi connectivity index (χ3n) is 4.00. The lowest BCUT2D eigenvalue weighted by Crippen LogP contribution is -2.42. The Balaban J connectivity index is 1.68. The molecular weight excluding hydrogens is 324 g/mol. The predicted octanol–water partition coefficient (Wildman–Crippen LogP) is 2.34. The van der Waals surface area contributed by atoms with E-state index in [0.29, 0.717) is 12.1 Å². The van der Waals surface area contributed by atoms with Crippen molar-refractivity contribution in [3.8, 4) is 0 Å². The Labute approximate surface area is 145 Å². The molecule has 1 amide bonds. The highest BCUT2D eigenvalue weighted by Gasteiger charge is 2.38. The number of esters is 2. The van der Waals surface area contributed by atoms with E-state index >= 15 is 0 Å². The van der Waals surface area contributed by atoms with Gasteiger partial charge in [0.15, 0.2) is 5.57 Å². The SMILES string of the molecule is CC1(C)OC(=O)C(=CNc2ccc(N3CCCCC3=O)cc2)C(=O)O1. The third-order valence-corrected chi connectivity index (χ3v) is 4.00. The number of ether oxygens (including phenoxy) is 2. The van der Waals surface area contributed by atoms with Gasteiger partial charge in [-0.05, 0) is 37.1 Å². The Morgan fingerprint density at radius 1 is 1.04 bits per heavy atom. The first kappa shape index (κ1) is 17.0. The largest absolute Gasteiger partial charge is 0.419 e. The van der Waals surface area contributed by atoms with Crippen LogP contribution in [0.4, 0.5) is 11.4 Å². The average Bonchev–Trinajstić information content (AvgIpc) is 2.54. The van der Waals surface area contributed by atoms with Crippen LogP contribution in [0.5, 0.6) is 0 Å². The molecule has 2 fully saturated rings. The zero-order valence-corrected chi connectivity index (χ0v) is 14.2. The Kier molecular flexibility index (Phi) is 4.48. The van der Waals surface area contributed by atoms with Crippen molar-refractivity contribution >= 4 is 29.2 Å². The average molecular weight is 344 g/mol. The van der Waals surface area contributed by atoms with Crippen LogP contribution in [0.1, 0.15) is 33.1 Å². The van der Waals surface area contributed by atoms with E-state index in [9.17, 15) is 14.4 Å². The molecule has 2 saturated heterocycles. The predicted molar refractivity (Wildman–Crippen MR) is 90.6 cm³/mol. The number of nitrogens with one attached hydrogen (secondary N) is 1. The van der Waals surface area contributed by atoms with Gasteiger partial charge in [-0.1, -0.05) is 0 Å². The minimum atomic E-state index is -1.26. The number of amides is 1. The summed E-state index contributed by atoms with van der Waals surface area (Å²) in [6.07, 6.45) is 3.78. The zero-order chi connectivity index (χ0) is 18.0. The molecule has 0 aliphatic carbocycles. The molecule has 0 aromatic heterocycles. The summed E-state index contributed by atoms with van der Waals surface area (Å²) in [6.45, 7) is 3.71. The molecule has 2 aliphatic rings. The lowest BCUT2D eigenvalue weighted by atomic mass is 10.1. The number of carbonyl (C=O) groups excluding carboxylic acids is 3. The lowest BCUT2D eigenvalue weighted by molar-refractivity contribution is -0.222. The number of hydrogen-bond acceptors (Lipinski definition) is 6. The van der Waals surface area contributed by atoms with Crippen molar-refractivity contribution in [1.82, 2.24) is 0 Å². The summed E-state index contributed by atoms with van der Waals surface area (Å²) in [5.41, 5.74) is 1.31. The van der Waals surface area contributed by atoms with E-state index in [1.807, 2.05) is 12.1 Å². The summed E-state index contributed by atoms with van der Waals surface area (Å²) >= 11 is 0. The van der Waals surface area contributed by atoms with Gasteiger partial charge in [0.05, 0.1) is 0 Å². The van der Waals surface area contributed by atoms with Crippen LogP contribution in [0.3, 0.4) is 0 Å². The summed E-state index contributed by atoms with van der Waals surface area (Å²) in [6, 6.07) is 7.20. The summed E-state index contributed by atoms with van der Waals surface area (Å²) in [5, 5.41) is 2.88. The van der Waals surface area contributed by atoms with Gasteiger partial charge in [0.1, 0.15) is 0 Å². The lowest BCUT2D eigenvalue weighted by Gasteiger charge is -2.29. The molecule has 7 heteroatoms. The van der Waals surface area contributed by atoms with Crippen molar-refractivity contribution in [3.05, 3.63) is 36.0 Å². The number of hydrogen-bond donors (Lipinski definition) is 1. The smallest absolute Gasteiger partial charge is 0.350 e. The van der Waals surface area contributed by atoms with Crippen LogP contribution < -0.4 is 10.2 Å². The van der Waals surface area contributed by atoms with E-state index < -0.39 is 17.7 Å². The molecule has 132 valence electrons. The van der Waals surface area contributed by atoms with Crippen molar-refractivity contribution in [2.24, 2.45) is 0 Å². The quantitative estimate of drug-likeness (QED) is 0.515. The van der Waals surface area contributed by atoms with Crippen LogP contribution in [0, 0.1) is 0 Å². The molecule has 0 spiro atoms. The molecule has 1 aromatic rings. The summed E-state index contributed by atoms with van der Waals surface area (Å²) < 4.78 is 10.0. The van der Waals surface area contributed by atoms with Gasteiger partial charge >= 0.3 is 11.9 Å². The highest BCUT2D eigenvalue weighted by molar-refractivity contribution is 6.15. The van der Waals surface area contributed by atoms with Crippen molar-refractivity contribution in [2.75, 3.05) is 16.8 Å². The molecule has 1 aromatic carbocycles. The first-order valence-electron chi connectivity index (χ1n) is 8.19. The number of rotatable bonds is 3. The molecule has 0 radical (unpaired) electrons. The van der Waals surface area contributed by atoms with E-state index in [-0.39, 0.29) is 11.5 Å². The van der Waals surface area contributed by atoms with Gasteiger partial charge in [-0.2, -0.15) is 0 Å². The number of cyclic esters (lactones) is 2. The van der Waals surface area contributed by atoms with Crippen LogP contribution >= 0.6 is 0 Å². The Hall–Kier alpha value is -2.83. The maximum Gasteiger partial charge on any atom is 0.350 e. The van der Waals surface area contributed by atoms with Crippen LogP contribution in [-0.4, -0.2) is 30.2 Å². The molecule has 2 heterocycles. The normalized spacial score (nSPS) is 20.0. The Morgan fingerprint density at radius 2 is 1.68 bits per heavy atom. The number of benzene rings is 1. The van der Waals surface area contributed by atoms with Crippen molar-refractivity contribution in [2.45, 2.75) is 38.9 Å². The first-order chi connectivity index (χ1) is 11.9. The van der Waals surface area contributed by atoms with E-state index in [0.717, 1.165) is 25.1 Å². The molecule has 0 saturated carbocycles. The summed E-state index contributed by atoms with van der Waals surface area (Å²) in [7, 11) is 0. The van der Waals surface area contributed by atoms with Gasteiger partial charge in [0, 0.05) is 44.4 Å². The minimum Gasteiger partial charge on any atom is -0.419 e. The Bertz CT molecular complexity index is 714. The molecule has 0 atom stereocenters. The summed E-state index contributed by atoms with van der Waals surface area (Å²) in [5.74, 6) is -2.59. The molecule has 7 nitrogen and oxygen atoms in total. The van der Waals surface area contributed by atoms with Crippen LogP contribution in [0.2, 0.25) is 0 Å². The number of carbonyl (C=O) groups is 3. The fourth-order valence-corrected chi connectivity index (χ4v) is 2.75. The standard InChI is InChI=1S/C18H20N2O5/c1-18(2)24-16(22)14(17(23)25-18)11-19-12-6-8-13(9-7-12)20-10-4-3-5-15(20)21/h6-9,11,19H,3-5,10H2,1-2H3. The molecule has 0 bridgehead atoms. The fourth-order valence-electron chi connectivity index (χ4n) is 2.75. The van der Waals surface area contributed by atoms with Crippen molar-refractivity contribution < 1.29 is 23.9 Å². The second-order valence-electron chi connectivity index (χ2n) is 6.43. The maximum atomic E-state index is 11.9. The fraction of sp³-hybridized carbons (Fsp3) is 0.389. The van der Waals surface area contributed by atoms with E-state index in [4.69, 9.17) is 9.47 Å². The first-order valence-corrected chi connectivity index (χ1v) is 8.19. The number of anilines is 2. The van der Waals surface area contributed by atoms with Crippen LogP contribution in [0.25, 0.3) is 0 Å². The van der Waals surface area contributed by atoms with Crippen LogP contribution in [-0.2, 0) is 23.9 Å². The highest BCUT2D eigenvalue weighted by Crippen LogP contribution is 2.24. The van der Waals surface area contributed by atoms with Gasteiger partial charge in [-0.25, -0.2) is 9.59 Å². The highest BCUT2D eigenvalue weighted by atomic mass is 16.7. The van der Waals surface area contributed by atoms with Gasteiger partial charge in [-0.3, -0.25) is 4.79 Å². The molecule has 25 heavy (non-hydrogen) atoms.